The fraction of sp³-hybridized carbons (Fsp3) is 1.00. The molecule has 0 heterocycles. The summed E-state index contributed by atoms with van der Waals surface area (Å²) in [7, 11) is 0. The highest BCUT2D eigenvalue weighted by Gasteiger charge is 2.25. The minimum Gasteiger partial charge on any atom is -0.285 e. The van der Waals surface area contributed by atoms with E-state index in [0.29, 0.717) is 0 Å². The van der Waals surface area contributed by atoms with Gasteiger partial charge in [-0.15, -0.1) is 0 Å². The van der Waals surface area contributed by atoms with Crippen molar-refractivity contribution in [2.75, 3.05) is 0 Å². The lowest BCUT2D eigenvalue weighted by atomic mass is 11.8. The van der Waals surface area contributed by atoms with Crippen molar-refractivity contribution in [1.82, 2.24) is 0 Å². The van der Waals surface area contributed by atoms with Gasteiger partial charge in [-0.05, 0) is 22.5 Å². The van der Waals surface area contributed by atoms with E-state index in [4.69, 9.17) is 0 Å². The SMILES string of the molecule is O=P(Cl)(Cl)C(F)Cl. The van der Waals surface area contributed by atoms with Crippen molar-refractivity contribution >= 4 is 39.9 Å². The zero-order chi connectivity index (χ0) is 6.08. The number of halogens is 4. The normalized spacial score (nSPS) is 16.6. The zero-order valence-electron chi connectivity index (χ0n) is 2.94. The molecule has 0 fully saturated rings. The van der Waals surface area contributed by atoms with Gasteiger partial charge >= 0.3 is 5.85 Å². The summed E-state index contributed by atoms with van der Waals surface area (Å²) in [6.07, 6.45) is 0. The van der Waals surface area contributed by atoms with E-state index in [1.165, 1.54) is 0 Å². The lowest BCUT2D eigenvalue weighted by Gasteiger charge is -1.95. The lowest BCUT2D eigenvalue weighted by molar-refractivity contribution is 0.519. The molecule has 0 saturated heterocycles. The Morgan fingerprint density at radius 2 is 1.71 bits per heavy atom. The van der Waals surface area contributed by atoms with E-state index in [9.17, 15) is 8.96 Å². The van der Waals surface area contributed by atoms with Crippen molar-refractivity contribution in [2.24, 2.45) is 0 Å². The summed E-state index contributed by atoms with van der Waals surface area (Å²) in [5.74, 6) is -3.69. The summed E-state index contributed by atoms with van der Waals surface area (Å²) < 4.78 is 21.4. The standard InChI is InChI=1S/CHCl3FOP/c2-1(5)7(3,4)6/h1H. The lowest BCUT2D eigenvalue weighted by Crippen LogP contribution is -1.75. The second-order valence-electron chi connectivity index (χ2n) is 0.780. The van der Waals surface area contributed by atoms with Crippen LogP contribution < -0.4 is 0 Å². The molecule has 0 saturated carbocycles. The van der Waals surface area contributed by atoms with Gasteiger partial charge in [0, 0.05) is 0 Å². The molecule has 0 amide bonds. The van der Waals surface area contributed by atoms with Crippen molar-refractivity contribution in [3.8, 4) is 0 Å². The van der Waals surface area contributed by atoms with Gasteiger partial charge in [-0.1, -0.05) is 11.6 Å². The van der Waals surface area contributed by atoms with Crippen LogP contribution in [-0.2, 0) is 4.57 Å². The average molecular weight is 185 g/mol. The monoisotopic (exact) mass is 184 g/mol. The fourth-order valence-corrected chi connectivity index (χ4v) is 0. The third-order valence-electron chi connectivity index (χ3n) is 0.227. The van der Waals surface area contributed by atoms with Gasteiger partial charge in [0.1, 0.15) is 0 Å². The minimum absolute atomic E-state index is 2.14. The van der Waals surface area contributed by atoms with Crippen LogP contribution in [0.4, 0.5) is 4.39 Å². The number of hydrogen-bond donors (Lipinski definition) is 0. The Labute approximate surface area is 54.7 Å². The molecule has 0 aromatic heterocycles. The van der Waals surface area contributed by atoms with E-state index in [-0.39, 0.29) is 0 Å². The van der Waals surface area contributed by atoms with Crippen LogP contribution in [0.15, 0.2) is 0 Å². The average Bonchev–Trinajstić information content (AvgIpc) is 1.31. The van der Waals surface area contributed by atoms with Crippen LogP contribution >= 0.6 is 39.9 Å². The molecule has 1 atom stereocenters. The molecule has 0 aliphatic carbocycles. The van der Waals surface area contributed by atoms with Gasteiger partial charge in [0.15, 0.2) is 0 Å². The largest absolute Gasteiger partial charge is 0.300 e. The van der Waals surface area contributed by atoms with Crippen molar-refractivity contribution in [1.29, 1.82) is 0 Å². The zero-order valence-corrected chi connectivity index (χ0v) is 6.11. The third kappa shape index (κ3) is 3.60. The van der Waals surface area contributed by atoms with Crippen molar-refractivity contribution in [3.63, 3.8) is 0 Å². The highest BCUT2D eigenvalue weighted by molar-refractivity contribution is 8.09. The molecule has 1 unspecified atom stereocenters. The number of rotatable bonds is 1. The van der Waals surface area contributed by atoms with Crippen molar-refractivity contribution < 1.29 is 8.96 Å². The Hall–Kier alpha value is 1.03. The van der Waals surface area contributed by atoms with E-state index in [0.717, 1.165) is 0 Å². The van der Waals surface area contributed by atoms with E-state index < -0.39 is 11.2 Å². The molecule has 1 nitrogen and oxygen atoms in total. The summed E-state index contributed by atoms with van der Waals surface area (Å²) in [6.45, 7) is 0. The number of hydrogen-bond acceptors (Lipinski definition) is 1. The Morgan fingerprint density at radius 1 is 1.57 bits per heavy atom. The van der Waals surface area contributed by atoms with E-state index in [1.54, 1.807) is 0 Å². The van der Waals surface area contributed by atoms with Crippen LogP contribution in [0.1, 0.15) is 0 Å². The fourth-order valence-electron chi connectivity index (χ4n) is 0. The topological polar surface area (TPSA) is 17.1 Å². The van der Waals surface area contributed by atoms with Crippen LogP contribution in [0.3, 0.4) is 0 Å². The Kier molecular flexibility index (Phi) is 2.91. The highest BCUT2D eigenvalue weighted by atomic mass is 35.9. The summed E-state index contributed by atoms with van der Waals surface area (Å²) in [4.78, 5) is 0. The van der Waals surface area contributed by atoms with Gasteiger partial charge in [-0.2, -0.15) is 0 Å². The smallest absolute Gasteiger partial charge is 0.285 e. The summed E-state index contributed by atoms with van der Waals surface area (Å²) in [5, 5.41) is -2.14. The van der Waals surface area contributed by atoms with Crippen LogP contribution in [0.25, 0.3) is 0 Å². The molecule has 6 heteroatoms. The molecule has 0 aliphatic rings. The van der Waals surface area contributed by atoms with Gasteiger partial charge in [-0.25, -0.2) is 4.39 Å². The Morgan fingerprint density at radius 3 is 1.71 bits per heavy atom. The minimum atomic E-state index is -3.69. The molecule has 44 valence electrons. The highest BCUT2D eigenvalue weighted by Crippen LogP contribution is 2.62. The first-order chi connectivity index (χ1) is 2.94. The quantitative estimate of drug-likeness (QED) is 0.453. The summed E-state index contributed by atoms with van der Waals surface area (Å²) >= 11 is 13.9. The summed E-state index contributed by atoms with van der Waals surface area (Å²) in [6, 6.07) is 0. The molecule has 0 aromatic rings. The van der Waals surface area contributed by atoms with Gasteiger partial charge in [0.05, 0.1) is 0 Å². The third-order valence-corrected chi connectivity index (χ3v) is 3.13. The molecular formula is CHCl3FOP. The van der Waals surface area contributed by atoms with Crippen molar-refractivity contribution in [3.05, 3.63) is 0 Å². The van der Waals surface area contributed by atoms with Gasteiger partial charge in [-0.3, -0.25) is 4.57 Å². The molecular weight excluding hydrogens is 184 g/mol. The van der Waals surface area contributed by atoms with Crippen LogP contribution in [-0.4, -0.2) is 5.37 Å². The Bertz CT molecular complexity index is 97.1. The molecule has 0 aliphatic heterocycles. The first-order valence-electron chi connectivity index (χ1n) is 1.22. The molecule has 7 heavy (non-hydrogen) atoms. The maximum Gasteiger partial charge on any atom is 0.300 e. The molecule has 0 aromatic carbocycles. The van der Waals surface area contributed by atoms with E-state index >= 15 is 0 Å². The van der Waals surface area contributed by atoms with E-state index in [2.05, 4.69) is 34.1 Å². The number of alkyl halides is 2. The van der Waals surface area contributed by atoms with Crippen LogP contribution in [0, 0.1) is 0 Å². The maximum atomic E-state index is 11.4. The molecule has 0 bridgehead atoms. The van der Waals surface area contributed by atoms with Gasteiger partial charge < -0.3 is 0 Å². The van der Waals surface area contributed by atoms with Gasteiger partial charge in [0.2, 0.25) is 0 Å². The molecule has 0 rings (SSSR count). The molecule has 0 radical (unpaired) electrons. The molecule has 0 spiro atoms. The van der Waals surface area contributed by atoms with Crippen molar-refractivity contribution in [2.45, 2.75) is 5.37 Å². The first kappa shape index (κ1) is 8.03. The van der Waals surface area contributed by atoms with Crippen LogP contribution in [0.5, 0.6) is 0 Å². The maximum absolute atomic E-state index is 11.4. The second-order valence-corrected chi connectivity index (χ2v) is 6.46. The van der Waals surface area contributed by atoms with Gasteiger partial charge in [0.25, 0.3) is 5.37 Å². The predicted octanol–water partition coefficient (Wildman–Crippen LogP) is 3.15. The molecule has 0 N–H and O–H groups in total. The second kappa shape index (κ2) is 2.54. The first-order valence-corrected chi connectivity index (χ1v) is 5.24. The Balaban J connectivity index is 3.80. The van der Waals surface area contributed by atoms with E-state index in [1.807, 2.05) is 0 Å². The predicted molar refractivity (Wildman–Crippen MR) is 30.1 cm³/mol. The van der Waals surface area contributed by atoms with Crippen LogP contribution in [0.2, 0.25) is 0 Å². The summed E-state index contributed by atoms with van der Waals surface area (Å²) in [5.41, 5.74) is 0.